The van der Waals surface area contributed by atoms with Gasteiger partial charge in [-0.3, -0.25) is 4.79 Å². The van der Waals surface area contributed by atoms with E-state index in [9.17, 15) is 9.59 Å². The molecule has 0 bridgehead atoms. The predicted molar refractivity (Wildman–Crippen MR) is 93.8 cm³/mol. The summed E-state index contributed by atoms with van der Waals surface area (Å²) in [4.78, 5) is 23.8. The average molecular weight is 377 g/mol. The molecule has 1 amide bonds. The van der Waals surface area contributed by atoms with E-state index in [1.165, 1.54) is 7.11 Å². The number of carbonyl (C=O) groups is 2. The Bertz CT molecular complexity index is 732. The van der Waals surface area contributed by atoms with Gasteiger partial charge >= 0.3 is 5.97 Å². The van der Waals surface area contributed by atoms with Crippen LogP contribution in [0.2, 0.25) is 0 Å². The summed E-state index contributed by atoms with van der Waals surface area (Å²) in [6, 6.07) is 12.5. The van der Waals surface area contributed by atoms with Crippen LogP contribution in [0.15, 0.2) is 46.9 Å². The SMILES string of the molecule is COC(=O)c1ccccc1NC(=O)CNc1ccc(C)cc1Br. The van der Waals surface area contributed by atoms with Gasteiger partial charge in [0.1, 0.15) is 0 Å². The third-order valence-electron chi connectivity index (χ3n) is 3.17. The lowest BCUT2D eigenvalue weighted by atomic mass is 10.2. The van der Waals surface area contributed by atoms with E-state index in [-0.39, 0.29) is 12.5 Å². The molecule has 2 aromatic rings. The maximum atomic E-state index is 12.1. The largest absolute Gasteiger partial charge is 0.465 e. The number of carbonyl (C=O) groups excluding carboxylic acids is 2. The van der Waals surface area contributed by atoms with Gasteiger partial charge in [0.25, 0.3) is 0 Å². The summed E-state index contributed by atoms with van der Waals surface area (Å²) in [6.07, 6.45) is 0. The van der Waals surface area contributed by atoms with Crippen molar-refractivity contribution in [2.75, 3.05) is 24.3 Å². The van der Waals surface area contributed by atoms with Gasteiger partial charge in [-0.25, -0.2) is 4.79 Å². The second-order valence-corrected chi connectivity index (χ2v) is 5.78. The first-order valence-electron chi connectivity index (χ1n) is 6.98. The molecule has 2 rings (SSSR count). The van der Waals surface area contributed by atoms with Crippen molar-refractivity contribution in [3.8, 4) is 0 Å². The number of esters is 1. The molecular weight excluding hydrogens is 360 g/mol. The summed E-state index contributed by atoms with van der Waals surface area (Å²) in [5, 5.41) is 5.76. The molecule has 0 aliphatic heterocycles. The van der Waals surface area contributed by atoms with Gasteiger partial charge in [-0.1, -0.05) is 18.2 Å². The summed E-state index contributed by atoms with van der Waals surface area (Å²) < 4.78 is 5.59. The topological polar surface area (TPSA) is 67.4 Å². The molecule has 0 atom stereocenters. The van der Waals surface area contributed by atoms with E-state index in [2.05, 4.69) is 26.6 Å². The van der Waals surface area contributed by atoms with Crippen LogP contribution in [0.4, 0.5) is 11.4 Å². The number of aryl methyl sites for hydroxylation is 1. The van der Waals surface area contributed by atoms with Gasteiger partial charge in [0.2, 0.25) is 5.91 Å². The van der Waals surface area contributed by atoms with E-state index in [1.54, 1.807) is 24.3 Å². The molecule has 2 aromatic carbocycles. The van der Waals surface area contributed by atoms with Crippen LogP contribution in [-0.2, 0) is 9.53 Å². The zero-order valence-electron chi connectivity index (χ0n) is 12.9. The first-order valence-corrected chi connectivity index (χ1v) is 7.78. The number of methoxy groups -OCH3 is 1. The van der Waals surface area contributed by atoms with Crippen molar-refractivity contribution in [2.24, 2.45) is 0 Å². The number of halogens is 1. The Morgan fingerprint density at radius 2 is 1.87 bits per heavy atom. The van der Waals surface area contributed by atoms with Gasteiger partial charge in [-0.2, -0.15) is 0 Å². The van der Waals surface area contributed by atoms with E-state index in [1.807, 2.05) is 25.1 Å². The highest BCUT2D eigenvalue weighted by Gasteiger charge is 2.13. The van der Waals surface area contributed by atoms with Crippen molar-refractivity contribution < 1.29 is 14.3 Å². The number of ether oxygens (including phenoxy) is 1. The van der Waals surface area contributed by atoms with Crippen molar-refractivity contribution in [1.29, 1.82) is 0 Å². The second-order valence-electron chi connectivity index (χ2n) is 4.92. The molecule has 0 radical (unpaired) electrons. The normalized spacial score (nSPS) is 10.0. The molecule has 0 unspecified atom stereocenters. The van der Waals surface area contributed by atoms with E-state index < -0.39 is 5.97 Å². The maximum absolute atomic E-state index is 12.1. The molecule has 0 heterocycles. The first-order chi connectivity index (χ1) is 11.0. The van der Waals surface area contributed by atoms with Crippen molar-refractivity contribution in [3.63, 3.8) is 0 Å². The molecule has 5 nitrogen and oxygen atoms in total. The molecule has 0 fully saturated rings. The van der Waals surface area contributed by atoms with E-state index in [0.717, 1.165) is 15.7 Å². The molecule has 0 spiro atoms. The molecule has 2 N–H and O–H groups in total. The van der Waals surface area contributed by atoms with Gasteiger partial charge in [0, 0.05) is 10.2 Å². The van der Waals surface area contributed by atoms with Crippen LogP contribution in [0.1, 0.15) is 15.9 Å². The summed E-state index contributed by atoms with van der Waals surface area (Å²) in [5.41, 5.74) is 2.69. The number of para-hydroxylation sites is 1. The summed E-state index contributed by atoms with van der Waals surface area (Å²) in [6.45, 7) is 2.07. The highest BCUT2D eigenvalue weighted by atomic mass is 79.9. The Balaban J connectivity index is 2.01. The van der Waals surface area contributed by atoms with E-state index in [4.69, 9.17) is 4.74 Å². The molecule has 0 aliphatic rings. The maximum Gasteiger partial charge on any atom is 0.339 e. The Morgan fingerprint density at radius 1 is 1.13 bits per heavy atom. The molecule has 23 heavy (non-hydrogen) atoms. The lowest BCUT2D eigenvalue weighted by Gasteiger charge is -2.11. The van der Waals surface area contributed by atoms with Crippen LogP contribution in [0.25, 0.3) is 0 Å². The van der Waals surface area contributed by atoms with Gasteiger partial charge in [-0.05, 0) is 52.7 Å². The minimum Gasteiger partial charge on any atom is -0.465 e. The second kappa shape index (κ2) is 7.78. The minimum atomic E-state index is -0.491. The smallest absolute Gasteiger partial charge is 0.339 e. The number of rotatable bonds is 5. The van der Waals surface area contributed by atoms with Gasteiger partial charge < -0.3 is 15.4 Å². The number of hydrogen-bond acceptors (Lipinski definition) is 4. The van der Waals surface area contributed by atoms with E-state index >= 15 is 0 Å². The van der Waals surface area contributed by atoms with Crippen LogP contribution >= 0.6 is 15.9 Å². The Hall–Kier alpha value is -2.34. The van der Waals surface area contributed by atoms with Crippen LogP contribution in [0.5, 0.6) is 0 Å². The first kappa shape index (κ1) is 17.0. The Labute approximate surface area is 143 Å². The number of benzene rings is 2. The van der Waals surface area contributed by atoms with E-state index in [0.29, 0.717) is 11.3 Å². The lowest BCUT2D eigenvalue weighted by Crippen LogP contribution is -2.23. The molecule has 0 saturated heterocycles. The van der Waals surface area contributed by atoms with Crippen LogP contribution in [0.3, 0.4) is 0 Å². The number of nitrogens with one attached hydrogen (secondary N) is 2. The summed E-state index contributed by atoms with van der Waals surface area (Å²) in [5.74, 6) is -0.746. The summed E-state index contributed by atoms with van der Waals surface area (Å²) >= 11 is 3.45. The molecule has 0 aromatic heterocycles. The average Bonchev–Trinajstić information content (AvgIpc) is 2.54. The van der Waals surface area contributed by atoms with Crippen molar-refractivity contribution >= 4 is 39.2 Å². The minimum absolute atomic E-state index is 0.0805. The third kappa shape index (κ3) is 4.56. The van der Waals surface area contributed by atoms with Gasteiger partial charge in [-0.15, -0.1) is 0 Å². The van der Waals surface area contributed by atoms with Crippen molar-refractivity contribution in [1.82, 2.24) is 0 Å². The van der Waals surface area contributed by atoms with Crippen molar-refractivity contribution in [2.45, 2.75) is 6.92 Å². The molecule has 120 valence electrons. The fourth-order valence-electron chi connectivity index (χ4n) is 2.01. The predicted octanol–water partition coefficient (Wildman–Crippen LogP) is 3.59. The van der Waals surface area contributed by atoms with Crippen LogP contribution in [-0.4, -0.2) is 25.5 Å². The Morgan fingerprint density at radius 3 is 2.57 bits per heavy atom. The number of hydrogen-bond donors (Lipinski definition) is 2. The number of amides is 1. The monoisotopic (exact) mass is 376 g/mol. The fraction of sp³-hybridized carbons (Fsp3) is 0.176. The summed E-state index contributed by atoms with van der Waals surface area (Å²) in [7, 11) is 1.30. The fourth-order valence-corrected chi connectivity index (χ4v) is 2.65. The highest BCUT2D eigenvalue weighted by molar-refractivity contribution is 9.10. The standard InChI is InChI=1S/C17H17BrN2O3/c1-11-7-8-15(13(18)9-11)19-10-16(21)20-14-6-4-3-5-12(14)17(22)23-2/h3-9,19H,10H2,1-2H3,(H,20,21). The van der Waals surface area contributed by atoms with Crippen LogP contribution < -0.4 is 10.6 Å². The Kier molecular flexibility index (Phi) is 5.76. The lowest BCUT2D eigenvalue weighted by molar-refractivity contribution is -0.114. The molecular formula is C17H17BrN2O3. The molecule has 6 heteroatoms. The van der Waals surface area contributed by atoms with Gasteiger partial charge in [0.15, 0.2) is 0 Å². The highest BCUT2D eigenvalue weighted by Crippen LogP contribution is 2.23. The molecule has 0 saturated carbocycles. The number of anilines is 2. The quantitative estimate of drug-likeness (QED) is 0.782. The molecule has 0 aliphatic carbocycles. The van der Waals surface area contributed by atoms with Crippen LogP contribution in [0, 0.1) is 6.92 Å². The van der Waals surface area contributed by atoms with Crippen molar-refractivity contribution in [3.05, 3.63) is 58.1 Å². The third-order valence-corrected chi connectivity index (χ3v) is 3.83. The zero-order valence-corrected chi connectivity index (χ0v) is 14.4. The zero-order chi connectivity index (χ0) is 16.8. The van der Waals surface area contributed by atoms with Gasteiger partial charge in [0.05, 0.1) is 24.9 Å².